The zero-order valence-electron chi connectivity index (χ0n) is 18.6. The number of amides is 3. The van der Waals surface area contributed by atoms with Crippen LogP contribution in [0.3, 0.4) is 0 Å². The molecule has 3 unspecified atom stereocenters. The van der Waals surface area contributed by atoms with Crippen molar-refractivity contribution >= 4 is 58.4 Å². The van der Waals surface area contributed by atoms with E-state index in [0.29, 0.717) is 26.1 Å². The van der Waals surface area contributed by atoms with E-state index in [0.717, 1.165) is 5.57 Å². The minimum absolute atomic E-state index is 0.123. The highest BCUT2D eigenvalue weighted by atomic mass is 31.0. The maximum Gasteiger partial charge on any atom is 0.416 e. The first-order valence-electron chi connectivity index (χ1n) is 10.4. The standard InChI is InChI=1S/C18H28N5O8P3/c1-7-10(13(15(26)29-32)23-12(7)11(8(2)24)14(23)25)6-22-4-3-9(5-22)19-16(20-17(27)30-33)21-18(28)31-34/h7-9,11-12,24H,3-6,32-34H2,1-2H3,(H2,19,20,21,27,28)/t7-,8+,9+,11-,12+/m0/s1. The van der Waals surface area contributed by atoms with Gasteiger partial charge in [-0.05, 0) is 18.9 Å². The molecule has 13 nitrogen and oxygen atoms in total. The van der Waals surface area contributed by atoms with Crippen molar-refractivity contribution in [3.8, 4) is 0 Å². The molecule has 0 spiro atoms. The van der Waals surface area contributed by atoms with Crippen LogP contribution in [0.1, 0.15) is 20.3 Å². The van der Waals surface area contributed by atoms with Crippen LogP contribution in [0.15, 0.2) is 16.3 Å². The molecule has 3 amide bonds. The van der Waals surface area contributed by atoms with Gasteiger partial charge in [-0.15, -0.1) is 0 Å². The normalized spacial score (nSPS) is 26.9. The first-order valence-corrected chi connectivity index (χ1v) is 11.8. The zero-order valence-corrected chi connectivity index (χ0v) is 22.1. The molecule has 0 bridgehead atoms. The Bertz CT molecular complexity index is 909. The van der Waals surface area contributed by atoms with Crippen molar-refractivity contribution < 1.29 is 37.9 Å². The van der Waals surface area contributed by atoms with E-state index in [9.17, 15) is 24.3 Å². The predicted molar refractivity (Wildman–Crippen MR) is 129 cm³/mol. The van der Waals surface area contributed by atoms with Gasteiger partial charge in [0.05, 0.1) is 52.5 Å². The van der Waals surface area contributed by atoms with Gasteiger partial charge in [-0.2, -0.15) is 0 Å². The summed E-state index contributed by atoms with van der Waals surface area (Å²) in [7, 11) is 5.49. The van der Waals surface area contributed by atoms with Crippen molar-refractivity contribution in [3.63, 3.8) is 0 Å². The summed E-state index contributed by atoms with van der Waals surface area (Å²) in [5.41, 5.74) is 0.977. The summed E-state index contributed by atoms with van der Waals surface area (Å²) in [4.78, 5) is 56.1. The Balaban J connectivity index is 1.75. The fraction of sp³-hybridized carbons (Fsp3) is 0.611. The molecule has 3 aliphatic heterocycles. The molecule has 0 aromatic rings. The largest absolute Gasteiger partial charge is 0.447 e. The molecule has 3 rings (SSSR count). The van der Waals surface area contributed by atoms with Gasteiger partial charge < -0.3 is 23.6 Å². The summed E-state index contributed by atoms with van der Waals surface area (Å²) < 4.78 is 13.8. The molecule has 16 heteroatoms. The average Bonchev–Trinajstić information content (AvgIpc) is 3.33. The van der Waals surface area contributed by atoms with E-state index < -0.39 is 30.2 Å². The van der Waals surface area contributed by atoms with E-state index in [4.69, 9.17) is 4.52 Å². The SMILES string of the molecule is C[C@@H](O)[C@@H]1C(=O)N2C(C(=O)OP)=C(CN3CC[C@@H](N=C(NC(=O)OP)NC(=O)OP)C3)[C@H](C)[C@H]12. The lowest BCUT2D eigenvalue weighted by Crippen LogP contribution is -2.63. The Morgan fingerprint density at radius 3 is 2.32 bits per heavy atom. The summed E-state index contributed by atoms with van der Waals surface area (Å²) in [6, 6.07) is -0.572. The Hall–Kier alpha value is -1.90. The van der Waals surface area contributed by atoms with Crippen LogP contribution >= 0.6 is 28.4 Å². The van der Waals surface area contributed by atoms with E-state index in [1.165, 1.54) is 4.90 Å². The van der Waals surface area contributed by atoms with Crippen LogP contribution < -0.4 is 10.6 Å². The minimum Gasteiger partial charge on any atom is -0.447 e. The lowest BCUT2D eigenvalue weighted by atomic mass is 9.77. The van der Waals surface area contributed by atoms with Crippen molar-refractivity contribution in [1.29, 1.82) is 0 Å². The van der Waals surface area contributed by atoms with Crippen LogP contribution in [0.2, 0.25) is 0 Å². The van der Waals surface area contributed by atoms with Gasteiger partial charge in [-0.1, -0.05) is 6.92 Å². The van der Waals surface area contributed by atoms with Crippen LogP contribution in [0.5, 0.6) is 0 Å². The summed E-state index contributed by atoms with van der Waals surface area (Å²) in [6.45, 7) is 4.99. The number of aliphatic hydroxyl groups is 1. The third-order valence-corrected chi connectivity index (χ3v) is 6.87. The number of aliphatic hydroxyl groups excluding tert-OH is 1. The molecular weight excluding hydrogens is 507 g/mol. The second-order valence-corrected chi connectivity index (χ2v) is 8.96. The molecule has 188 valence electrons. The first kappa shape index (κ1) is 26.7. The number of nitrogens with zero attached hydrogens (tertiary/aromatic N) is 3. The fourth-order valence-electron chi connectivity index (χ4n) is 4.73. The summed E-state index contributed by atoms with van der Waals surface area (Å²) in [5.74, 6) is -1.75. The Kier molecular flexibility index (Phi) is 8.82. The summed E-state index contributed by atoms with van der Waals surface area (Å²) in [6.07, 6.45) is -1.88. The molecule has 3 heterocycles. The quantitative estimate of drug-likeness (QED) is 0.189. The molecule has 2 saturated heterocycles. The van der Waals surface area contributed by atoms with Crippen LogP contribution in [-0.4, -0.2) is 82.8 Å². The molecule has 3 N–H and O–H groups in total. The molecule has 34 heavy (non-hydrogen) atoms. The van der Waals surface area contributed by atoms with Crippen molar-refractivity contribution in [3.05, 3.63) is 11.3 Å². The molecule has 3 aliphatic rings. The lowest BCUT2D eigenvalue weighted by molar-refractivity contribution is -0.162. The fourth-order valence-corrected chi connectivity index (χ4v) is 4.96. The number of hydrogen-bond acceptors (Lipinski definition) is 10. The van der Waals surface area contributed by atoms with E-state index in [-0.39, 0.29) is 35.6 Å². The van der Waals surface area contributed by atoms with E-state index in [2.05, 4.69) is 29.6 Å². The number of rotatable bonds is 5. The van der Waals surface area contributed by atoms with E-state index in [1.54, 1.807) is 25.9 Å². The topological polar surface area (TPSA) is 159 Å². The van der Waals surface area contributed by atoms with Crippen LogP contribution in [0, 0.1) is 11.8 Å². The third kappa shape index (κ3) is 5.34. The monoisotopic (exact) mass is 535 g/mol. The number of carbonyl (C=O) groups excluding carboxylic acids is 4. The van der Waals surface area contributed by atoms with Gasteiger partial charge >= 0.3 is 18.2 Å². The van der Waals surface area contributed by atoms with Crippen molar-refractivity contribution in [2.75, 3.05) is 19.6 Å². The Morgan fingerprint density at radius 2 is 1.79 bits per heavy atom. The predicted octanol–water partition coefficient (Wildman–Crippen LogP) is -0.106. The molecular formula is C18H28N5O8P3. The number of likely N-dealkylation sites (tertiary alicyclic amines) is 1. The number of β-lactam (4-membered cyclic amide) rings is 1. The second kappa shape index (κ2) is 11.2. The van der Waals surface area contributed by atoms with Gasteiger partial charge in [0.2, 0.25) is 11.9 Å². The first-order chi connectivity index (χ1) is 16.1. The van der Waals surface area contributed by atoms with Crippen molar-refractivity contribution in [2.45, 2.75) is 38.5 Å². The van der Waals surface area contributed by atoms with E-state index >= 15 is 0 Å². The van der Waals surface area contributed by atoms with Gasteiger partial charge in [-0.3, -0.25) is 20.3 Å². The Morgan fingerprint density at radius 1 is 1.18 bits per heavy atom. The van der Waals surface area contributed by atoms with Crippen LogP contribution in [-0.2, 0) is 23.2 Å². The maximum absolute atomic E-state index is 12.6. The maximum atomic E-state index is 12.6. The third-order valence-electron chi connectivity index (χ3n) is 6.22. The van der Waals surface area contributed by atoms with Gasteiger partial charge in [-0.25, -0.2) is 19.4 Å². The summed E-state index contributed by atoms with van der Waals surface area (Å²) in [5, 5.41) is 14.7. The highest BCUT2D eigenvalue weighted by Gasteiger charge is 2.60. The minimum atomic E-state index is -0.838. The second-order valence-electron chi connectivity index (χ2n) is 8.25. The average molecular weight is 535 g/mol. The highest BCUT2D eigenvalue weighted by Crippen LogP contribution is 2.47. The summed E-state index contributed by atoms with van der Waals surface area (Å²) >= 11 is 0. The van der Waals surface area contributed by atoms with E-state index in [1.807, 2.05) is 16.4 Å². The highest BCUT2D eigenvalue weighted by molar-refractivity contribution is 7.11. The molecule has 2 fully saturated rings. The number of guanidine groups is 1. The van der Waals surface area contributed by atoms with Crippen molar-refractivity contribution in [2.24, 2.45) is 16.8 Å². The molecule has 0 saturated carbocycles. The molecule has 8 atom stereocenters. The molecule has 0 radical (unpaired) electrons. The zero-order chi connectivity index (χ0) is 25.2. The smallest absolute Gasteiger partial charge is 0.416 e. The van der Waals surface area contributed by atoms with Gasteiger partial charge in [0.25, 0.3) is 0 Å². The number of carbonyl (C=O) groups is 4. The molecule has 0 aromatic carbocycles. The Labute approximate surface area is 203 Å². The van der Waals surface area contributed by atoms with Gasteiger partial charge in [0.15, 0.2) is 0 Å². The molecule has 0 aliphatic carbocycles. The number of hydrogen-bond donors (Lipinski definition) is 3. The van der Waals surface area contributed by atoms with Crippen LogP contribution in [0.25, 0.3) is 0 Å². The number of aliphatic imine (C=N–C) groups is 1. The molecule has 0 aromatic heterocycles. The van der Waals surface area contributed by atoms with Gasteiger partial charge in [0.1, 0.15) is 5.70 Å². The van der Waals surface area contributed by atoms with Crippen molar-refractivity contribution in [1.82, 2.24) is 20.4 Å². The van der Waals surface area contributed by atoms with Gasteiger partial charge in [0, 0.05) is 25.6 Å². The van der Waals surface area contributed by atoms with Crippen LogP contribution in [0.4, 0.5) is 9.59 Å². The number of fused-ring (bicyclic) bond motifs is 1. The number of nitrogens with one attached hydrogen (secondary N) is 2. The lowest BCUT2D eigenvalue weighted by Gasteiger charge is -2.46.